The van der Waals surface area contributed by atoms with Crippen LogP contribution in [-0.2, 0) is 4.74 Å². The second-order valence-corrected chi connectivity index (χ2v) is 3.79. The Hall–Kier alpha value is -1.36. The van der Waals surface area contributed by atoms with E-state index in [1.54, 1.807) is 0 Å². The van der Waals surface area contributed by atoms with Crippen molar-refractivity contribution in [3.05, 3.63) is 12.4 Å². The maximum atomic E-state index is 5.31. The molecule has 2 rings (SSSR count). The summed E-state index contributed by atoms with van der Waals surface area (Å²) >= 11 is 0. The van der Waals surface area contributed by atoms with E-state index in [9.17, 15) is 0 Å². The molecule has 0 spiro atoms. The Kier molecular flexibility index (Phi) is 3.93. The van der Waals surface area contributed by atoms with Crippen molar-refractivity contribution in [2.24, 2.45) is 5.92 Å². The maximum Gasteiger partial charge on any atom is 0.218 e. The molecule has 1 aromatic rings. The van der Waals surface area contributed by atoms with E-state index < -0.39 is 0 Å². The molecule has 2 heterocycles. The molecule has 1 aliphatic heterocycles. The first-order chi connectivity index (χ1) is 7.88. The van der Waals surface area contributed by atoms with Crippen molar-refractivity contribution in [2.45, 2.75) is 13.3 Å². The van der Waals surface area contributed by atoms with Gasteiger partial charge in [-0.2, -0.15) is 0 Å². The standard InChI is InChI=1S/C11H17N3O2/c1-2-16-11-5-10(13-8-14-11)12-6-9-3-4-15-7-9/h5,8-9H,2-4,6-7H2,1H3,(H,12,13,14). The first-order valence-electron chi connectivity index (χ1n) is 5.65. The Morgan fingerprint density at radius 3 is 3.25 bits per heavy atom. The lowest BCUT2D eigenvalue weighted by Crippen LogP contribution is -2.14. The fraction of sp³-hybridized carbons (Fsp3) is 0.636. The second-order valence-electron chi connectivity index (χ2n) is 3.79. The average Bonchev–Trinajstić information content (AvgIpc) is 2.80. The molecule has 0 amide bonds. The molecule has 5 nitrogen and oxygen atoms in total. The van der Waals surface area contributed by atoms with Crippen LogP contribution in [0.25, 0.3) is 0 Å². The van der Waals surface area contributed by atoms with Crippen LogP contribution in [0.15, 0.2) is 12.4 Å². The zero-order valence-electron chi connectivity index (χ0n) is 9.48. The summed E-state index contributed by atoms with van der Waals surface area (Å²) in [6.45, 7) is 5.16. The molecule has 1 atom stereocenters. The van der Waals surface area contributed by atoms with Gasteiger partial charge in [0.15, 0.2) is 0 Å². The van der Waals surface area contributed by atoms with Crippen molar-refractivity contribution in [3.63, 3.8) is 0 Å². The highest BCUT2D eigenvalue weighted by Gasteiger charge is 2.15. The van der Waals surface area contributed by atoms with Gasteiger partial charge in [0.1, 0.15) is 12.1 Å². The molecule has 0 bridgehead atoms. The van der Waals surface area contributed by atoms with Gasteiger partial charge in [-0.3, -0.25) is 0 Å². The molecular formula is C11H17N3O2. The van der Waals surface area contributed by atoms with Crippen LogP contribution in [0.2, 0.25) is 0 Å². The number of hydrogen-bond acceptors (Lipinski definition) is 5. The lowest BCUT2D eigenvalue weighted by Gasteiger charge is -2.10. The van der Waals surface area contributed by atoms with Gasteiger partial charge in [-0.15, -0.1) is 0 Å². The van der Waals surface area contributed by atoms with Crippen LogP contribution >= 0.6 is 0 Å². The summed E-state index contributed by atoms with van der Waals surface area (Å²) in [6.07, 6.45) is 2.63. The Balaban J connectivity index is 1.85. The van der Waals surface area contributed by atoms with Gasteiger partial charge in [0.05, 0.1) is 13.2 Å². The van der Waals surface area contributed by atoms with Crippen LogP contribution in [0.5, 0.6) is 5.88 Å². The number of nitrogens with zero attached hydrogens (tertiary/aromatic N) is 2. The van der Waals surface area contributed by atoms with Crippen molar-refractivity contribution < 1.29 is 9.47 Å². The molecular weight excluding hydrogens is 206 g/mol. The number of rotatable bonds is 5. The van der Waals surface area contributed by atoms with E-state index >= 15 is 0 Å². The normalized spacial score (nSPS) is 19.7. The van der Waals surface area contributed by atoms with Gasteiger partial charge in [-0.05, 0) is 13.3 Å². The predicted octanol–water partition coefficient (Wildman–Crippen LogP) is 1.32. The monoisotopic (exact) mass is 223 g/mol. The molecule has 0 radical (unpaired) electrons. The smallest absolute Gasteiger partial charge is 0.218 e. The largest absolute Gasteiger partial charge is 0.478 e. The quantitative estimate of drug-likeness (QED) is 0.816. The van der Waals surface area contributed by atoms with E-state index in [2.05, 4.69) is 15.3 Å². The first-order valence-corrected chi connectivity index (χ1v) is 5.65. The minimum absolute atomic E-state index is 0.588. The predicted molar refractivity (Wildman–Crippen MR) is 60.6 cm³/mol. The van der Waals surface area contributed by atoms with Crippen LogP contribution in [0.4, 0.5) is 5.82 Å². The summed E-state index contributed by atoms with van der Waals surface area (Å²) in [5, 5.41) is 3.27. The van der Waals surface area contributed by atoms with E-state index in [1.807, 2.05) is 13.0 Å². The van der Waals surface area contributed by atoms with Crippen LogP contribution in [-0.4, -0.2) is 36.3 Å². The van der Waals surface area contributed by atoms with E-state index in [0.717, 1.165) is 32.0 Å². The highest BCUT2D eigenvalue weighted by Crippen LogP contribution is 2.15. The fourth-order valence-corrected chi connectivity index (χ4v) is 1.66. The molecule has 0 aromatic carbocycles. The third-order valence-electron chi connectivity index (χ3n) is 2.53. The minimum Gasteiger partial charge on any atom is -0.478 e. The van der Waals surface area contributed by atoms with E-state index in [0.29, 0.717) is 18.4 Å². The van der Waals surface area contributed by atoms with E-state index in [-0.39, 0.29) is 0 Å². The van der Waals surface area contributed by atoms with Crippen LogP contribution in [0, 0.1) is 5.92 Å². The van der Waals surface area contributed by atoms with Crippen LogP contribution in [0.3, 0.4) is 0 Å². The first kappa shape index (κ1) is 11.1. The molecule has 88 valence electrons. The number of ether oxygens (including phenoxy) is 2. The molecule has 1 N–H and O–H groups in total. The summed E-state index contributed by atoms with van der Waals surface area (Å²) < 4.78 is 10.6. The zero-order valence-corrected chi connectivity index (χ0v) is 9.48. The summed E-state index contributed by atoms with van der Waals surface area (Å²) in [6, 6.07) is 1.82. The highest BCUT2D eigenvalue weighted by atomic mass is 16.5. The maximum absolute atomic E-state index is 5.31. The Morgan fingerprint density at radius 2 is 2.50 bits per heavy atom. The molecule has 1 aromatic heterocycles. The lowest BCUT2D eigenvalue weighted by molar-refractivity contribution is 0.187. The molecule has 5 heteroatoms. The third kappa shape index (κ3) is 3.06. The van der Waals surface area contributed by atoms with Gasteiger partial charge in [0.2, 0.25) is 5.88 Å². The van der Waals surface area contributed by atoms with E-state index in [1.165, 1.54) is 6.33 Å². The van der Waals surface area contributed by atoms with Crippen molar-refractivity contribution in [3.8, 4) is 5.88 Å². The van der Waals surface area contributed by atoms with Gasteiger partial charge in [-0.1, -0.05) is 0 Å². The lowest BCUT2D eigenvalue weighted by atomic mass is 10.1. The number of hydrogen-bond donors (Lipinski definition) is 1. The molecule has 1 unspecified atom stereocenters. The molecule has 0 saturated carbocycles. The van der Waals surface area contributed by atoms with E-state index in [4.69, 9.17) is 9.47 Å². The number of nitrogens with one attached hydrogen (secondary N) is 1. The van der Waals surface area contributed by atoms with Crippen molar-refractivity contribution in [1.29, 1.82) is 0 Å². The Labute approximate surface area is 95.2 Å². The summed E-state index contributed by atoms with van der Waals surface area (Å²) in [5.41, 5.74) is 0. The molecule has 16 heavy (non-hydrogen) atoms. The van der Waals surface area contributed by atoms with Gasteiger partial charge in [0.25, 0.3) is 0 Å². The van der Waals surface area contributed by atoms with Gasteiger partial charge in [-0.25, -0.2) is 9.97 Å². The summed E-state index contributed by atoms with van der Waals surface area (Å²) in [4.78, 5) is 8.15. The molecule has 1 aliphatic rings. The topological polar surface area (TPSA) is 56.3 Å². The molecule has 1 fully saturated rings. The Bertz CT molecular complexity index is 327. The SMILES string of the molecule is CCOc1cc(NCC2CCOC2)ncn1. The molecule has 0 aliphatic carbocycles. The zero-order chi connectivity index (χ0) is 11.2. The van der Waals surface area contributed by atoms with Gasteiger partial charge in [0, 0.05) is 25.1 Å². The van der Waals surface area contributed by atoms with Crippen LogP contribution in [0.1, 0.15) is 13.3 Å². The summed E-state index contributed by atoms with van der Waals surface area (Å²) in [5.74, 6) is 2.01. The summed E-state index contributed by atoms with van der Waals surface area (Å²) in [7, 11) is 0. The third-order valence-corrected chi connectivity index (χ3v) is 2.53. The minimum atomic E-state index is 0.588. The van der Waals surface area contributed by atoms with Crippen molar-refractivity contribution in [2.75, 3.05) is 31.7 Å². The average molecular weight is 223 g/mol. The Morgan fingerprint density at radius 1 is 1.56 bits per heavy atom. The van der Waals surface area contributed by atoms with Gasteiger partial charge < -0.3 is 14.8 Å². The second kappa shape index (κ2) is 5.65. The highest BCUT2D eigenvalue weighted by molar-refractivity contribution is 5.37. The number of anilines is 1. The molecule has 1 saturated heterocycles. The van der Waals surface area contributed by atoms with Crippen molar-refractivity contribution >= 4 is 5.82 Å². The fourth-order valence-electron chi connectivity index (χ4n) is 1.66. The van der Waals surface area contributed by atoms with Crippen LogP contribution < -0.4 is 10.1 Å². The number of aromatic nitrogens is 2. The van der Waals surface area contributed by atoms with Gasteiger partial charge >= 0.3 is 0 Å². The van der Waals surface area contributed by atoms with Crippen molar-refractivity contribution in [1.82, 2.24) is 9.97 Å².